The van der Waals surface area contributed by atoms with Crippen molar-refractivity contribution in [2.45, 2.75) is 20.3 Å². The van der Waals surface area contributed by atoms with Gasteiger partial charge < -0.3 is 13.6 Å². The first-order valence-corrected chi connectivity index (χ1v) is 9.31. The monoisotopic (exact) mass is 405 g/mol. The molecule has 8 nitrogen and oxygen atoms in total. The van der Waals surface area contributed by atoms with Gasteiger partial charge in [-0.05, 0) is 49.2 Å². The lowest BCUT2D eigenvalue weighted by Crippen LogP contribution is -2.21. The largest absolute Gasteiger partial charge is 0.464 e. The second kappa shape index (κ2) is 8.20. The van der Waals surface area contributed by atoms with Crippen molar-refractivity contribution in [1.82, 2.24) is 10.2 Å². The van der Waals surface area contributed by atoms with Crippen LogP contribution in [0, 0.1) is 13.8 Å². The molecule has 4 rings (SSSR count). The third kappa shape index (κ3) is 4.22. The van der Waals surface area contributed by atoms with E-state index in [4.69, 9.17) is 13.6 Å². The highest BCUT2D eigenvalue weighted by atomic mass is 16.5. The Labute approximate surface area is 171 Å². The molecule has 0 aliphatic heterocycles. The van der Waals surface area contributed by atoms with Crippen LogP contribution in [0.3, 0.4) is 0 Å². The van der Waals surface area contributed by atoms with E-state index in [1.165, 1.54) is 6.26 Å². The molecule has 2 aromatic carbocycles. The molecule has 0 saturated carbocycles. The molecule has 2 aromatic heterocycles. The maximum absolute atomic E-state index is 12.2. The number of hydrogen-bond acceptors (Lipinski definition) is 7. The van der Waals surface area contributed by atoms with Crippen molar-refractivity contribution >= 4 is 28.9 Å². The van der Waals surface area contributed by atoms with E-state index in [0.717, 1.165) is 22.1 Å². The quantitative estimate of drug-likeness (QED) is 0.486. The molecule has 1 N–H and O–H groups in total. The molecule has 0 saturated heterocycles. The normalized spacial score (nSPS) is 10.9. The number of hydrogen-bond donors (Lipinski definition) is 1. The highest BCUT2D eigenvalue weighted by molar-refractivity contribution is 5.92. The zero-order valence-corrected chi connectivity index (χ0v) is 16.5. The molecule has 30 heavy (non-hydrogen) atoms. The second-order valence-corrected chi connectivity index (χ2v) is 6.86. The maximum Gasteiger partial charge on any atom is 0.322 e. The van der Waals surface area contributed by atoms with E-state index in [2.05, 4.69) is 15.5 Å². The van der Waals surface area contributed by atoms with Crippen molar-refractivity contribution < 1.29 is 23.2 Å². The number of carbonyl (C=O) groups is 2. The minimum absolute atomic E-state index is 0.00148. The van der Waals surface area contributed by atoms with Gasteiger partial charge in [-0.1, -0.05) is 23.3 Å². The Morgan fingerprint density at radius 2 is 1.83 bits per heavy atom. The van der Waals surface area contributed by atoms with Crippen molar-refractivity contribution in [1.29, 1.82) is 0 Å². The highest BCUT2D eigenvalue weighted by Gasteiger charge is 2.16. The summed E-state index contributed by atoms with van der Waals surface area (Å²) in [6, 6.07) is 13.0. The molecular weight excluding hydrogens is 386 g/mol. The molecule has 0 atom stereocenters. The molecule has 1 amide bonds. The molecular formula is C22H19N3O5. The van der Waals surface area contributed by atoms with Gasteiger partial charge in [0.1, 0.15) is 5.58 Å². The van der Waals surface area contributed by atoms with E-state index in [1.54, 1.807) is 0 Å². The topological polar surface area (TPSA) is 107 Å². The number of carbonyl (C=O) groups excluding carboxylic acids is 2. The Kier molecular flexibility index (Phi) is 5.30. The average Bonchev–Trinajstić information content (AvgIpc) is 3.35. The number of benzene rings is 2. The maximum atomic E-state index is 12.2. The van der Waals surface area contributed by atoms with Gasteiger partial charge in [-0.2, -0.15) is 0 Å². The van der Waals surface area contributed by atoms with Gasteiger partial charge in [0.2, 0.25) is 5.89 Å². The van der Waals surface area contributed by atoms with Crippen molar-refractivity contribution in [3.05, 3.63) is 65.4 Å². The van der Waals surface area contributed by atoms with Crippen LogP contribution in [0.4, 0.5) is 6.01 Å². The van der Waals surface area contributed by atoms with Gasteiger partial charge in [0, 0.05) is 16.5 Å². The smallest absolute Gasteiger partial charge is 0.322 e. The fourth-order valence-electron chi connectivity index (χ4n) is 2.95. The van der Waals surface area contributed by atoms with E-state index in [1.807, 2.05) is 56.3 Å². The number of esters is 1. The minimum Gasteiger partial charge on any atom is -0.464 e. The number of anilines is 1. The fourth-order valence-corrected chi connectivity index (χ4v) is 2.95. The number of ether oxygens (including phenoxy) is 1. The third-order valence-electron chi connectivity index (χ3n) is 4.66. The summed E-state index contributed by atoms with van der Waals surface area (Å²) in [5.74, 6) is -0.836. The van der Waals surface area contributed by atoms with Gasteiger partial charge in [0.05, 0.1) is 12.7 Å². The van der Waals surface area contributed by atoms with Gasteiger partial charge in [0.15, 0.2) is 6.61 Å². The van der Waals surface area contributed by atoms with Crippen molar-refractivity contribution in [2.75, 3.05) is 11.9 Å². The third-order valence-corrected chi connectivity index (χ3v) is 4.66. The summed E-state index contributed by atoms with van der Waals surface area (Å²) in [5, 5.41) is 10.9. The number of rotatable bonds is 6. The van der Waals surface area contributed by atoms with E-state index in [-0.39, 0.29) is 18.3 Å². The first kappa shape index (κ1) is 19.4. The number of nitrogens with one attached hydrogen (secondary N) is 1. The molecule has 0 unspecified atom stereocenters. The predicted octanol–water partition coefficient (Wildman–Crippen LogP) is 3.82. The van der Waals surface area contributed by atoms with Crippen LogP contribution in [-0.2, 0) is 20.7 Å². The van der Waals surface area contributed by atoms with Gasteiger partial charge in [-0.3, -0.25) is 14.9 Å². The Hall–Kier alpha value is -3.94. The zero-order valence-electron chi connectivity index (χ0n) is 16.5. The lowest BCUT2D eigenvalue weighted by Gasteiger charge is -2.04. The lowest BCUT2D eigenvalue weighted by atomic mass is 10.0. The molecule has 2 heterocycles. The summed E-state index contributed by atoms with van der Waals surface area (Å²) < 4.78 is 16.0. The molecule has 8 heteroatoms. The van der Waals surface area contributed by atoms with Gasteiger partial charge >= 0.3 is 12.0 Å². The second-order valence-electron chi connectivity index (χ2n) is 6.86. The van der Waals surface area contributed by atoms with Gasteiger partial charge in [-0.15, -0.1) is 5.10 Å². The van der Waals surface area contributed by atoms with Crippen LogP contribution in [0.1, 0.15) is 16.7 Å². The highest BCUT2D eigenvalue weighted by Crippen LogP contribution is 2.25. The van der Waals surface area contributed by atoms with Crippen LogP contribution in [0.15, 0.2) is 57.6 Å². The number of furan rings is 1. The summed E-state index contributed by atoms with van der Waals surface area (Å²) in [6.45, 7) is 3.53. The molecule has 0 spiro atoms. The van der Waals surface area contributed by atoms with Crippen molar-refractivity contribution in [3.8, 4) is 11.5 Å². The van der Waals surface area contributed by atoms with Gasteiger partial charge in [0.25, 0.3) is 5.91 Å². The number of fused-ring (bicyclic) bond motifs is 1. The Morgan fingerprint density at radius 1 is 1.07 bits per heavy atom. The van der Waals surface area contributed by atoms with Gasteiger partial charge in [-0.25, -0.2) is 0 Å². The summed E-state index contributed by atoms with van der Waals surface area (Å²) >= 11 is 0. The Morgan fingerprint density at radius 3 is 2.63 bits per heavy atom. The number of aryl methyl sites for hydroxylation is 2. The Balaban J connectivity index is 1.32. The summed E-state index contributed by atoms with van der Waals surface area (Å²) in [6.07, 6.45) is 1.54. The van der Waals surface area contributed by atoms with E-state index >= 15 is 0 Å². The van der Waals surface area contributed by atoms with Crippen molar-refractivity contribution in [3.63, 3.8) is 0 Å². The first-order valence-electron chi connectivity index (χ1n) is 9.31. The fraction of sp³-hybridized carbons (Fsp3) is 0.182. The summed E-state index contributed by atoms with van der Waals surface area (Å²) in [7, 11) is 0. The molecule has 0 aliphatic rings. The summed E-state index contributed by atoms with van der Waals surface area (Å²) in [4.78, 5) is 24.2. The van der Waals surface area contributed by atoms with Crippen molar-refractivity contribution in [2.24, 2.45) is 0 Å². The van der Waals surface area contributed by atoms with Crippen LogP contribution in [-0.4, -0.2) is 28.7 Å². The van der Waals surface area contributed by atoms with E-state index in [0.29, 0.717) is 11.1 Å². The van der Waals surface area contributed by atoms with E-state index in [9.17, 15) is 9.59 Å². The minimum atomic E-state index is -0.574. The van der Waals surface area contributed by atoms with Crippen LogP contribution >= 0.6 is 0 Å². The van der Waals surface area contributed by atoms with Crippen LogP contribution in [0.25, 0.3) is 22.4 Å². The number of aromatic nitrogens is 2. The van der Waals surface area contributed by atoms with Crippen LogP contribution < -0.4 is 5.32 Å². The molecule has 4 aromatic rings. The molecule has 0 bridgehead atoms. The first-order chi connectivity index (χ1) is 14.5. The SMILES string of the molecule is Cc1cc2occ(CC(=O)OCC(=O)Nc3nnc(-c4ccccc4)o3)c2cc1C. The van der Waals surface area contributed by atoms with Crippen LogP contribution in [0.2, 0.25) is 0 Å². The number of amides is 1. The van der Waals surface area contributed by atoms with E-state index < -0.39 is 18.5 Å². The average molecular weight is 405 g/mol. The zero-order chi connectivity index (χ0) is 21.1. The Bertz CT molecular complexity index is 1210. The molecule has 0 radical (unpaired) electrons. The number of nitrogens with zero attached hydrogens (tertiary/aromatic N) is 2. The predicted molar refractivity (Wildman–Crippen MR) is 109 cm³/mol. The summed E-state index contributed by atoms with van der Waals surface area (Å²) in [5.41, 5.74) is 4.37. The molecule has 152 valence electrons. The van der Waals surface area contributed by atoms with Crippen LogP contribution in [0.5, 0.6) is 0 Å². The molecule has 0 aliphatic carbocycles. The molecule has 0 fully saturated rings. The lowest BCUT2D eigenvalue weighted by molar-refractivity contribution is -0.146. The standard InChI is InChI=1S/C22H19N3O5/c1-13-8-17-16(11-28-18(17)9-14(13)2)10-20(27)29-12-19(26)23-22-25-24-21(30-22)15-6-4-3-5-7-15/h3-9,11H,10,12H2,1-2H3,(H,23,25,26).